The first-order chi connectivity index (χ1) is 9.63. The summed E-state index contributed by atoms with van der Waals surface area (Å²) in [7, 11) is 1.49. The van der Waals surface area contributed by atoms with E-state index in [2.05, 4.69) is 17.2 Å². The Morgan fingerprint density at radius 1 is 1.29 bits per heavy atom. The van der Waals surface area contributed by atoms with E-state index in [0.29, 0.717) is 0 Å². The number of carbonyl (C=O) groups is 3. The highest BCUT2D eigenvalue weighted by Gasteiger charge is 2.33. The minimum atomic E-state index is -1.07. The van der Waals surface area contributed by atoms with E-state index < -0.39 is 29.4 Å². The van der Waals surface area contributed by atoms with E-state index in [1.54, 1.807) is 0 Å². The maximum absolute atomic E-state index is 12.0. The molecule has 0 rings (SSSR count). The molecule has 0 aromatic heterocycles. The van der Waals surface area contributed by atoms with Gasteiger partial charge in [-0.15, -0.1) is 0 Å². The molecule has 120 valence electrons. The Morgan fingerprint density at radius 2 is 1.86 bits per heavy atom. The van der Waals surface area contributed by atoms with Gasteiger partial charge in [-0.2, -0.15) is 0 Å². The Hall–Kier alpha value is -1.89. The largest absolute Gasteiger partial charge is 0.461 e. The molecule has 21 heavy (non-hydrogen) atoms. The van der Waals surface area contributed by atoms with Crippen LogP contribution in [-0.4, -0.2) is 43.5 Å². The van der Waals surface area contributed by atoms with Gasteiger partial charge in [-0.1, -0.05) is 33.4 Å². The van der Waals surface area contributed by atoms with Crippen LogP contribution in [-0.2, 0) is 19.1 Å². The van der Waals surface area contributed by atoms with Crippen LogP contribution in [0.3, 0.4) is 0 Å². The van der Waals surface area contributed by atoms with Gasteiger partial charge in [0.2, 0.25) is 11.8 Å². The maximum atomic E-state index is 12.0. The zero-order chi connectivity index (χ0) is 16.6. The number of amides is 2. The fraction of sp³-hybridized carbons (Fsp3) is 0.643. The summed E-state index contributed by atoms with van der Waals surface area (Å²) in [6, 6.07) is -1.82. The number of nitrogens with one attached hydrogen (secondary N) is 2. The number of nitrogens with two attached hydrogens (primary N) is 1. The van der Waals surface area contributed by atoms with Crippen LogP contribution >= 0.6 is 0 Å². The zero-order valence-electron chi connectivity index (χ0n) is 13.1. The lowest BCUT2D eigenvalue weighted by Gasteiger charge is -2.30. The van der Waals surface area contributed by atoms with Crippen molar-refractivity contribution >= 4 is 17.8 Å². The van der Waals surface area contributed by atoms with Gasteiger partial charge in [0.15, 0.2) is 0 Å². The molecule has 7 heteroatoms. The molecule has 2 atom stereocenters. The molecule has 0 saturated heterocycles. The van der Waals surface area contributed by atoms with Crippen molar-refractivity contribution in [3.05, 3.63) is 12.7 Å². The number of esters is 1. The molecule has 2 amide bonds. The predicted molar refractivity (Wildman–Crippen MR) is 79.2 cm³/mol. The van der Waals surface area contributed by atoms with Crippen LogP contribution in [0.1, 0.15) is 27.2 Å². The van der Waals surface area contributed by atoms with Crippen molar-refractivity contribution in [3.63, 3.8) is 0 Å². The van der Waals surface area contributed by atoms with Crippen LogP contribution in [0.2, 0.25) is 0 Å². The lowest BCUT2D eigenvalue weighted by molar-refractivity contribution is -0.144. The molecule has 0 saturated carbocycles. The molecule has 0 aliphatic carbocycles. The monoisotopic (exact) mass is 299 g/mol. The highest BCUT2D eigenvalue weighted by molar-refractivity contribution is 5.91. The Balaban J connectivity index is 4.65. The summed E-state index contributed by atoms with van der Waals surface area (Å²) >= 11 is 0. The number of hydrogen-bond acceptors (Lipinski definition) is 5. The number of carbonyl (C=O) groups excluding carboxylic acids is 3. The predicted octanol–water partition coefficient (Wildman–Crippen LogP) is -0.290. The van der Waals surface area contributed by atoms with Gasteiger partial charge in [0, 0.05) is 7.05 Å². The van der Waals surface area contributed by atoms with E-state index in [0.717, 1.165) is 0 Å². The number of hydrogen-bond donors (Lipinski definition) is 3. The first kappa shape index (κ1) is 19.1. The third-order valence-corrected chi connectivity index (χ3v) is 2.75. The molecule has 4 N–H and O–H groups in total. The molecular weight excluding hydrogens is 274 g/mol. The first-order valence-corrected chi connectivity index (χ1v) is 6.67. The standard InChI is InChI=1S/C14H25N3O4/c1-6-7-21-10(18)8-9(15)12(19)17-11(13(20)16-5)14(2,3)4/h6,9,11H,1,7-8,15H2,2-5H3,(H,16,20)(H,17,19). The maximum Gasteiger partial charge on any atom is 0.308 e. The summed E-state index contributed by atoms with van der Waals surface area (Å²) < 4.78 is 4.76. The summed E-state index contributed by atoms with van der Waals surface area (Å²) in [6.45, 7) is 8.92. The third kappa shape index (κ3) is 6.89. The van der Waals surface area contributed by atoms with Gasteiger partial charge < -0.3 is 21.1 Å². The first-order valence-electron chi connectivity index (χ1n) is 6.67. The summed E-state index contributed by atoms with van der Waals surface area (Å²) in [5.41, 5.74) is 5.17. The lowest BCUT2D eigenvalue weighted by atomic mass is 9.86. The summed E-state index contributed by atoms with van der Waals surface area (Å²) in [6.07, 6.45) is 1.16. The molecule has 0 aromatic rings. The van der Waals surface area contributed by atoms with Crippen molar-refractivity contribution in [2.75, 3.05) is 13.7 Å². The van der Waals surface area contributed by atoms with Gasteiger partial charge in [0.1, 0.15) is 12.6 Å². The van der Waals surface area contributed by atoms with Gasteiger partial charge in [0.25, 0.3) is 0 Å². The van der Waals surface area contributed by atoms with E-state index in [4.69, 9.17) is 10.5 Å². The average molecular weight is 299 g/mol. The van der Waals surface area contributed by atoms with Crippen LogP contribution in [0.25, 0.3) is 0 Å². The molecular formula is C14H25N3O4. The lowest BCUT2D eigenvalue weighted by Crippen LogP contribution is -2.56. The molecule has 0 heterocycles. The number of likely N-dealkylation sites (N-methyl/N-ethyl adjacent to an activating group) is 1. The molecule has 2 unspecified atom stereocenters. The average Bonchev–Trinajstić information content (AvgIpc) is 2.39. The SMILES string of the molecule is C=CCOC(=O)CC(N)C(=O)NC(C(=O)NC)C(C)(C)C. The summed E-state index contributed by atoms with van der Waals surface area (Å²) in [4.78, 5) is 35.2. The molecule has 0 aliphatic heterocycles. The quantitative estimate of drug-likeness (QED) is 0.442. The molecule has 7 nitrogen and oxygen atoms in total. The van der Waals surface area contributed by atoms with Crippen LogP contribution in [0.5, 0.6) is 0 Å². The fourth-order valence-corrected chi connectivity index (χ4v) is 1.55. The zero-order valence-corrected chi connectivity index (χ0v) is 13.1. The minimum Gasteiger partial charge on any atom is -0.461 e. The third-order valence-electron chi connectivity index (χ3n) is 2.75. The van der Waals surface area contributed by atoms with Crippen molar-refractivity contribution in [3.8, 4) is 0 Å². The molecule has 0 spiro atoms. The Bertz CT molecular complexity index is 402. The normalized spacial score (nSPS) is 13.8. The van der Waals surface area contributed by atoms with Gasteiger partial charge in [-0.3, -0.25) is 14.4 Å². The van der Waals surface area contributed by atoms with Crippen LogP contribution in [0.15, 0.2) is 12.7 Å². The highest BCUT2D eigenvalue weighted by atomic mass is 16.5. The van der Waals surface area contributed by atoms with Crippen molar-refractivity contribution in [2.45, 2.75) is 39.3 Å². The molecule has 0 radical (unpaired) electrons. The van der Waals surface area contributed by atoms with Crippen molar-refractivity contribution in [1.82, 2.24) is 10.6 Å². The molecule has 0 bridgehead atoms. The van der Waals surface area contributed by atoms with Gasteiger partial charge in [0.05, 0.1) is 12.5 Å². The van der Waals surface area contributed by atoms with E-state index in [-0.39, 0.29) is 18.9 Å². The van der Waals surface area contributed by atoms with E-state index >= 15 is 0 Å². The smallest absolute Gasteiger partial charge is 0.308 e. The van der Waals surface area contributed by atoms with E-state index in [1.807, 2.05) is 20.8 Å². The van der Waals surface area contributed by atoms with Gasteiger partial charge >= 0.3 is 5.97 Å². The Labute approximate surface area is 125 Å². The topological polar surface area (TPSA) is 111 Å². The van der Waals surface area contributed by atoms with Gasteiger partial charge in [-0.25, -0.2) is 0 Å². The summed E-state index contributed by atoms with van der Waals surface area (Å²) in [5.74, 6) is -1.49. The number of rotatable bonds is 7. The van der Waals surface area contributed by atoms with Crippen LogP contribution in [0, 0.1) is 5.41 Å². The molecule has 0 aromatic carbocycles. The second-order valence-corrected chi connectivity index (χ2v) is 5.70. The van der Waals surface area contributed by atoms with E-state index in [9.17, 15) is 14.4 Å². The second kappa shape index (κ2) is 8.41. The van der Waals surface area contributed by atoms with Crippen LogP contribution < -0.4 is 16.4 Å². The number of ether oxygens (including phenoxy) is 1. The van der Waals surface area contributed by atoms with Crippen LogP contribution in [0.4, 0.5) is 0 Å². The summed E-state index contributed by atoms with van der Waals surface area (Å²) in [5, 5.41) is 5.05. The highest BCUT2D eigenvalue weighted by Crippen LogP contribution is 2.19. The van der Waals surface area contributed by atoms with Crippen molar-refractivity contribution in [1.29, 1.82) is 0 Å². The second-order valence-electron chi connectivity index (χ2n) is 5.70. The Morgan fingerprint density at radius 3 is 2.29 bits per heavy atom. The molecule has 0 fully saturated rings. The Kier molecular flexibility index (Phi) is 7.65. The minimum absolute atomic E-state index is 0.0655. The fourth-order valence-electron chi connectivity index (χ4n) is 1.55. The van der Waals surface area contributed by atoms with E-state index in [1.165, 1.54) is 13.1 Å². The van der Waals surface area contributed by atoms with Gasteiger partial charge in [-0.05, 0) is 5.41 Å². The molecule has 0 aliphatic rings. The van der Waals surface area contributed by atoms with Crippen molar-refractivity contribution < 1.29 is 19.1 Å². The van der Waals surface area contributed by atoms with Crippen molar-refractivity contribution in [2.24, 2.45) is 11.1 Å².